The van der Waals surface area contributed by atoms with Crippen molar-refractivity contribution < 1.29 is 14.3 Å². The molecule has 0 radical (unpaired) electrons. The van der Waals surface area contributed by atoms with Gasteiger partial charge in [0.25, 0.3) is 0 Å². The van der Waals surface area contributed by atoms with E-state index in [1.54, 1.807) is 6.07 Å². The van der Waals surface area contributed by atoms with Crippen molar-refractivity contribution in [1.82, 2.24) is 0 Å². The van der Waals surface area contributed by atoms with E-state index in [9.17, 15) is 9.18 Å². The third-order valence-electron chi connectivity index (χ3n) is 1.73. The molecule has 0 heterocycles. The van der Waals surface area contributed by atoms with E-state index in [1.165, 1.54) is 12.1 Å². The summed E-state index contributed by atoms with van der Waals surface area (Å²) in [4.78, 5) is 10.4. The molecule has 0 unspecified atom stereocenters. The van der Waals surface area contributed by atoms with Crippen LogP contribution in [0.4, 0.5) is 4.39 Å². The molecule has 1 rings (SSSR count). The molecule has 3 N–H and O–H groups in total. The fraction of sp³-hybridized carbons (Fsp3) is 0.111. The lowest BCUT2D eigenvalue weighted by atomic mass is 10.1. The van der Waals surface area contributed by atoms with Gasteiger partial charge < -0.3 is 10.8 Å². The number of nitriles is 1. The number of halogens is 1. The van der Waals surface area contributed by atoms with Crippen LogP contribution in [0.15, 0.2) is 18.2 Å². The van der Waals surface area contributed by atoms with Crippen LogP contribution in [-0.4, -0.2) is 11.1 Å². The van der Waals surface area contributed by atoms with Crippen molar-refractivity contribution in [2.45, 2.75) is 6.04 Å². The number of aliphatic carboxylic acids is 1. The minimum Gasteiger partial charge on any atom is -0.480 e. The average Bonchev–Trinajstić information content (AvgIpc) is 2.16. The minimum absolute atomic E-state index is 0.128. The van der Waals surface area contributed by atoms with Gasteiger partial charge in [0.2, 0.25) is 0 Å². The van der Waals surface area contributed by atoms with Gasteiger partial charge in [-0.05, 0) is 12.1 Å². The largest absolute Gasteiger partial charge is 0.480 e. The molecule has 4 nitrogen and oxygen atoms in total. The van der Waals surface area contributed by atoms with Gasteiger partial charge in [-0.1, -0.05) is 6.07 Å². The van der Waals surface area contributed by atoms with E-state index in [1.807, 2.05) is 0 Å². The Morgan fingerprint density at radius 3 is 2.71 bits per heavy atom. The van der Waals surface area contributed by atoms with E-state index in [-0.39, 0.29) is 11.1 Å². The van der Waals surface area contributed by atoms with Crippen molar-refractivity contribution in [2.75, 3.05) is 0 Å². The lowest BCUT2D eigenvalue weighted by molar-refractivity contribution is -0.138. The summed E-state index contributed by atoms with van der Waals surface area (Å²) in [6.07, 6.45) is 0. The molecule has 14 heavy (non-hydrogen) atoms. The lowest BCUT2D eigenvalue weighted by Crippen LogP contribution is -2.21. The van der Waals surface area contributed by atoms with Crippen molar-refractivity contribution in [3.05, 3.63) is 35.1 Å². The van der Waals surface area contributed by atoms with Gasteiger partial charge in [0.05, 0.1) is 11.6 Å². The zero-order valence-electron chi connectivity index (χ0n) is 7.07. The van der Waals surface area contributed by atoms with Gasteiger partial charge in [-0.2, -0.15) is 5.26 Å². The fourth-order valence-electron chi connectivity index (χ4n) is 0.982. The number of nitrogens with two attached hydrogens (primary N) is 1. The highest BCUT2D eigenvalue weighted by molar-refractivity contribution is 5.75. The van der Waals surface area contributed by atoms with Crippen LogP contribution >= 0.6 is 0 Å². The Morgan fingerprint density at radius 1 is 1.64 bits per heavy atom. The molecular formula is C9H7FN2O2. The summed E-state index contributed by atoms with van der Waals surface area (Å²) in [6, 6.07) is 3.81. The first-order valence-electron chi connectivity index (χ1n) is 3.74. The second-order valence-electron chi connectivity index (χ2n) is 2.66. The molecule has 72 valence electrons. The number of carboxylic acids is 1. The summed E-state index contributed by atoms with van der Waals surface area (Å²) in [7, 11) is 0. The third kappa shape index (κ3) is 1.87. The predicted octanol–water partition coefficient (Wildman–Crippen LogP) is 0.782. The van der Waals surface area contributed by atoms with Crippen LogP contribution in [0, 0.1) is 17.1 Å². The Balaban J connectivity index is 3.13. The molecule has 0 aliphatic carbocycles. The lowest BCUT2D eigenvalue weighted by Gasteiger charge is -2.07. The molecular weight excluding hydrogens is 187 g/mol. The number of hydrogen-bond donors (Lipinski definition) is 2. The van der Waals surface area contributed by atoms with Gasteiger partial charge in [-0.15, -0.1) is 0 Å². The van der Waals surface area contributed by atoms with Gasteiger partial charge >= 0.3 is 5.97 Å². The van der Waals surface area contributed by atoms with Crippen LogP contribution in [-0.2, 0) is 4.79 Å². The smallest absolute Gasteiger partial charge is 0.325 e. The van der Waals surface area contributed by atoms with Crippen molar-refractivity contribution in [2.24, 2.45) is 5.73 Å². The number of carboxylic acid groups (broad SMARTS) is 1. The van der Waals surface area contributed by atoms with E-state index in [4.69, 9.17) is 16.1 Å². The Morgan fingerprint density at radius 2 is 2.29 bits per heavy atom. The molecule has 0 aromatic heterocycles. The Hall–Kier alpha value is -1.93. The van der Waals surface area contributed by atoms with Crippen molar-refractivity contribution in [1.29, 1.82) is 5.26 Å². The van der Waals surface area contributed by atoms with Gasteiger partial charge in [0.15, 0.2) is 0 Å². The maximum atomic E-state index is 13.2. The van der Waals surface area contributed by atoms with Crippen LogP contribution in [0.2, 0.25) is 0 Å². The van der Waals surface area contributed by atoms with Crippen molar-refractivity contribution in [3.8, 4) is 6.07 Å². The molecule has 0 amide bonds. The van der Waals surface area contributed by atoms with Gasteiger partial charge in [0, 0.05) is 5.56 Å². The summed E-state index contributed by atoms with van der Waals surface area (Å²) in [5.74, 6) is -2.09. The second-order valence-corrected chi connectivity index (χ2v) is 2.66. The maximum Gasteiger partial charge on any atom is 0.325 e. The van der Waals surface area contributed by atoms with Gasteiger partial charge in [-0.25, -0.2) is 4.39 Å². The van der Waals surface area contributed by atoms with E-state index in [0.717, 1.165) is 6.07 Å². The molecule has 0 spiro atoms. The number of hydrogen-bond acceptors (Lipinski definition) is 3. The Bertz CT molecular complexity index is 412. The Labute approximate surface area is 79.4 Å². The van der Waals surface area contributed by atoms with E-state index < -0.39 is 17.8 Å². The van der Waals surface area contributed by atoms with Crippen LogP contribution in [0.25, 0.3) is 0 Å². The molecule has 0 fully saturated rings. The zero-order chi connectivity index (χ0) is 10.7. The quantitative estimate of drug-likeness (QED) is 0.728. The standard InChI is InChI=1S/C9H7FN2O2/c10-7-3-5(4-11)1-2-6(7)8(12)9(13)14/h1-3,8H,12H2,(H,13,14)/t8-/m0/s1. The van der Waals surface area contributed by atoms with Crippen LogP contribution < -0.4 is 5.73 Å². The summed E-state index contributed by atoms with van der Waals surface area (Å²) in [5, 5.41) is 17.0. The summed E-state index contributed by atoms with van der Waals surface area (Å²) in [6.45, 7) is 0. The molecule has 1 aromatic rings. The summed E-state index contributed by atoms with van der Waals surface area (Å²) < 4.78 is 13.2. The monoisotopic (exact) mass is 194 g/mol. The first-order chi connectivity index (χ1) is 6.56. The highest BCUT2D eigenvalue weighted by Gasteiger charge is 2.18. The van der Waals surface area contributed by atoms with Gasteiger partial charge in [0.1, 0.15) is 11.9 Å². The molecule has 0 saturated heterocycles. The highest BCUT2D eigenvalue weighted by Crippen LogP contribution is 2.16. The summed E-state index contributed by atoms with van der Waals surface area (Å²) in [5.41, 5.74) is 5.21. The molecule has 0 bridgehead atoms. The number of rotatable bonds is 2. The van der Waals surface area contributed by atoms with E-state index in [0.29, 0.717) is 0 Å². The zero-order valence-corrected chi connectivity index (χ0v) is 7.07. The highest BCUT2D eigenvalue weighted by atomic mass is 19.1. The minimum atomic E-state index is -1.40. The van der Waals surface area contributed by atoms with Crippen molar-refractivity contribution >= 4 is 5.97 Å². The number of carbonyl (C=O) groups is 1. The fourth-order valence-corrected chi connectivity index (χ4v) is 0.982. The van der Waals surface area contributed by atoms with Crippen LogP contribution in [0.3, 0.4) is 0 Å². The molecule has 1 atom stereocenters. The van der Waals surface area contributed by atoms with Gasteiger partial charge in [-0.3, -0.25) is 4.79 Å². The van der Waals surface area contributed by atoms with Crippen molar-refractivity contribution in [3.63, 3.8) is 0 Å². The first kappa shape index (κ1) is 10.2. The van der Waals surface area contributed by atoms with Crippen LogP contribution in [0.1, 0.15) is 17.2 Å². The normalized spacial score (nSPS) is 11.8. The topological polar surface area (TPSA) is 87.1 Å². The van der Waals surface area contributed by atoms with Crippen LogP contribution in [0.5, 0.6) is 0 Å². The average molecular weight is 194 g/mol. The molecule has 0 aliphatic rings. The summed E-state index contributed by atoms with van der Waals surface area (Å²) >= 11 is 0. The number of benzene rings is 1. The maximum absolute atomic E-state index is 13.2. The first-order valence-corrected chi connectivity index (χ1v) is 3.74. The predicted molar refractivity (Wildman–Crippen MR) is 45.7 cm³/mol. The molecule has 5 heteroatoms. The molecule has 1 aromatic carbocycles. The molecule has 0 aliphatic heterocycles. The molecule has 0 saturated carbocycles. The SMILES string of the molecule is N#Cc1ccc([C@H](N)C(=O)O)c(F)c1. The van der Waals surface area contributed by atoms with E-state index >= 15 is 0 Å². The van der Waals surface area contributed by atoms with E-state index in [2.05, 4.69) is 0 Å². The third-order valence-corrected chi connectivity index (χ3v) is 1.73. The number of nitrogens with zero attached hydrogens (tertiary/aromatic N) is 1. The Kier molecular flexibility index (Phi) is 2.79. The second kappa shape index (κ2) is 3.85.